The van der Waals surface area contributed by atoms with Gasteiger partial charge in [-0.3, -0.25) is 4.79 Å². The Kier molecular flexibility index (Phi) is 6.25. The first-order valence-electron chi connectivity index (χ1n) is 6.34. The van der Waals surface area contributed by atoms with Gasteiger partial charge in [-0.15, -0.1) is 0 Å². The maximum Gasteiger partial charge on any atom is 0.246 e. The van der Waals surface area contributed by atoms with Crippen LogP contribution < -0.4 is 0 Å². The van der Waals surface area contributed by atoms with E-state index in [2.05, 4.69) is 6.07 Å². The molecule has 1 amide bonds. The second kappa shape index (κ2) is 7.71. The van der Waals surface area contributed by atoms with Crippen molar-refractivity contribution in [2.75, 3.05) is 26.3 Å². The molecule has 0 bridgehead atoms. The van der Waals surface area contributed by atoms with Gasteiger partial charge in [0.2, 0.25) is 5.91 Å². The molecule has 4 heteroatoms. The van der Waals surface area contributed by atoms with Crippen LogP contribution in [0.2, 0.25) is 0 Å². The van der Waals surface area contributed by atoms with Crippen molar-refractivity contribution in [3.05, 3.63) is 41.0 Å². The van der Waals surface area contributed by atoms with Gasteiger partial charge in [0, 0.05) is 19.2 Å². The van der Waals surface area contributed by atoms with Gasteiger partial charge in [-0.1, -0.05) is 23.8 Å². The van der Waals surface area contributed by atoms with E-state index in [1.165, 1.54) is 16.5 Å². The number of hydrogen-bond acceptors (Lipinski definition) is 3. The van der Waals surface area contributed by atoms with Crippen molar-refractivity contribution >= 4 is 12.0 Å². The van der Waals surface area contributed by atoms with E-state index in [1.807, 2.05) is 26.0 Å². The van der Waals surface area contributed by atoms with Crippen molar-refractivity contribution in [1.29, 1.82) is 0 Å². The van der Waals surface area contributed by atoms with E-state index in [1.54, 1.807) is 6.08 Å². The van der Waals surface area contributed by atoms with Crippen LogP contribution in [0.25, 0.3) is 6.08 Å². The van der Waals surface area contributed by atoms with Crippen molar-refractivity contribution in [2.24, 2.45) is 0 Å². The van der Waals surface area contributed by atoms with E-state index < -0.39 is 0 Å². The minimum Gasteiger partial charge on any atom is -0.395 e. The third-order valence-corrected chi connectivity index (χ3v) is 2.88. The minimum absolute atomic E-state index is 0.108. The monoisotopic (exact) mass is 263 g/mol. The number of carbonyl (C=O) groups is 1. The first-order chi connectivity index (χ1) is 9.08. The largest absolute Gasteiger partial charge is 0.395 e. The molecule has 1 aromatic carbocycles. The summed E-state index contributed by atoms with van der Waals surface area (Å²) in [6.45, 7) is 4.27. The molecule has 0 atom stereocenters. The molecule has 1 rings (SSSR count). The van der Waals surface area contributed by atoms with Crippen LogP contribution in [0, 0.1) is 13.8 Å². The molecule has 104 valence electrons. The van der Waals surface area contributed by atoms with Gasteiger partial charge in [0.1, 0.15) is 0 Å². The van der Waals surface area contributed by atoms with Crippen LogP contribution in [-0.2, 0) is 4.79 Å². The summed E-state index contributed by atoms with van der Waals surface area (Å²) in [5.41, 5.74) is 3.29. The highest BCUT2D eigenvalue weighted by atomic mass is 16.3. The standard InChI is InChI=1S/C15H21NO3/c1-12-3-4-14(13(2)11-12)5-6-15(19)16(7-9-17)8-10-18/h3-6,11,17-18H,7-10H2,1-2H3/b6-5+. The van der Waals surface area contributed by atoms with Crippen LogP contribution in [0.15, 0.2) is 24.3 Å². The molecule has 4 nitrogen and oxygen atoms in total. The van der Waals surface area contributed by atoms with E-state index >= 15 is 0 Å². The lowest BCUT2D eigenvalue weighted by atomic mass is 10.1. The molecule has 1 aromatic rings. The summed E-state index contributed by atoms with van der Waals surface area (Å²) >= 11 is 0. The highest BCUT2D eigenvalue weighted by molar-refractivity contribution is 5.92. The molecule has 0 saturated heterocycles. The smallest absolute Gasteiger partial charge is 0.246 e. The highest BCUT2D eigenvalue weighted by Gasteiger charge is 2.08. The van der Waals surface area contributed by atoms with Crippen molar-refractivity contribution in [3.63, 3.8) is 0 Å². The van der Waals surface area contributed by atoms with Crippen LogP contribution >= 0.6 is 0 Å². The Morgan fingerprint density at radius 3 is 2.37 bits per heavy atom. The Labute approximate surface area is 114 Å². The van der Waals surface area contributed by atoms with Crippen LogP contribution in [0.1, 0.15) is 16.7 Å². The molecule has 0 aliphatic heterocycles. The summed E-state index contributed by atoms with van der Waals surface area (Å²) in [6.07, 6.45) is 3.24. The number of amides is 1. The Morgan fingerprint density at radius 2 is 1.84 bits per heavy atom. The molecule has 0 heterocycles. The second-order valence-corrected chi connectivity index (χ2v) is 4.47. The summed E-state index contributed by atoms with van der Waals surface area (Å²) in [5, 5.41) is 17.7. The van der Waals surface area contributed by atoms with Gasteiger partial charge in [-0.05, 0) is 31.1 Å². The van der Waals surface area contributed by atoms with Crippen LogP contribution in [0.5, 0.6) is 0 Å². The maximum atomic E-state index is 11.9. The predicted molar refractivity (Wildman–Crippen MR) is 75.7 cm³/mol. The molecule has 0 saturated carbocycles. The maximum absolute atomic E-state index is 11.9. The van der Waals surface area contributed by atoms with Gasteiger partial charge in [-0.25, -0.2) is 0 Å². The van der Waals surface area contributed by atoms with Gasteiger partial charge in [0.05, 0.1) is 13.2 Å². The number of carbonyl (C=O) groups excluding carboxylic acids is 1. The average Bonchev–Trinajstić information content (AvgIpc) is 2.37. The summed E-state index contributed by atoms with van der Waals surface area (Å²) in [7, 11) is 0. The normalized spacial score (nSPS) is 10.9. The molecular weight excluding hydrogens is 242 g/mol. The first kappa shape index (κ1) is 15.4. The molecule has 0 aliphatic carbocycles. The van der Waals surface area contributed by atoms with Crippen LogP contribution in [-0.4, -0.2) is 47.3 Å². The molecule has 2 N–H and O–H groups in total. The van der Waals surface area contributed by atoms with Gasteiger partial charge in [0.15, 0.2) is 0 Å². The van der Waals surface area contributed by atoms with Gasteiger partial charge >= 0.3 is 0 Å². The topological polar surface area (TPSA) is 60.8 Å². The Hall–Kier alpha value is -1.65. The number of rotatable bonds is 6. The fraction of sp³-hybridized carbons (Fsp3) is 0.400. The number of benzene rings is 1. The van der Waals surface area contributed by atoms with E-state index in [4.69, 9.17) is 10.2 Å². The number of nitrogens with zero attached hydrogens (tertiary/aromatic N) is 1. The fourth-order valence-electron chi connectivity index (χ4n) is 1.85. The van der Waals surface area contributed by atoms with Gasteiger partial charge in [-0.2, -0.15) is 0 Å². The second-order valence-electron chi connectivity index (χ2n) is 4.47. The number of hydrogen-bond donors (Lipinski definition) is 2. The summed E-state index contributed by atoms with van der Waals surface area (Å²) in [5.74, 6) is -0.205. The quantitative estimate of drug-likeness (QED) is 0.756. The number of aryl methyl sites for hydroxylation is 2. The zero-order chi connectivity index (χ0) is 14.3. The molecular formula is C15H21NO3. The van der Waals surface area contributed by atoms with Gasteiger partial charge < -0.3 is 15.1 Å². The Morgan fingerprint density at radius 1 is 1.21 bits per heavy atom. The summed E-state index contributed by atoms with van der Waals surface area (Å²) < 4.78 is 0. The van der Waals surface area contributed by atoms with Crippen molar-refractivity contribution in [1.82, 2.24) is 4.90 Å². The summed E-state index contributed by atoms with van der Waals surface area (Å²) in [4.78, 5) is 13.3. The third-order valence-electron chi connectivity index (χ3n) is 2.88. The molecule has 0 aliphatic rings. The molecule has 0 unspecified atom stereocenters. The molecule has 0 radical (unpaired) electrons. The Bertz CT molecular complexity index is 449. The first-order valence-corrected chi connectivity index (χ1v) is 6.34. The SMILES string of the molecule is Cc1ccc(/C=C/C(=O)N(CCO)CCO)c(C)c1. The van der Waals surface area contributed by atoms with E-state index in [0.717, 1.165) is 11.1 Å². The molecule has 0 aromatic heterocycles. The number of aliphatic hydroxyl groups is 2. The zero-order valence-corrected chi connectivity index (χ0v) is 11.5. The zero-order valence-electron chi connectivity index (χ0n) is 11.5. The minimum atomic E-state index is -0.205. The van der Waals surface area contributed by atoms with Crippen molar-refractivity contribution < 1.29 is 15.0 Å². The lowest BCUT2D eigenvalue weighted by Crippen LogP contribution is -2.34. The van der Waals surface area contributed by atoms with Crippen LogP contribution in [0.3, 0.4) is 0 Å². The molecule has 19 heavy (non-hydrogen) atoms. The summed E-state index contributed by atoms with van der Waals surface area (Å²) in [6, 6.07) is 6.02. The van der Waals surface area contributed by atoms with E-state index in [-0.39, 0.29) is 32.2 Å². The highest BCUT2D eigenvalue weighted by Crippen LogP contribution is 2.12. The molecule has 0 fully saturated rings. The van der Waals surface area contributed by atoms with E-state index in [9.17, 15) is 4.79 Å². The van der Waals surface area contributed by atoms with Crippen LogP contribution in [0.4, 0.5) is 0 Å². The van der Waals surface area contributed by atoms with Crippen molar-refractivity contribution in [2.45, 2.75) is 13.8 Å². The average molecular weight is 263 g/mol. The van der Waals surface area contributed by atoms with Crippen molar-refractivity contribution in [3.8, 4) is 0 Å². The lowest BCUT2D eigenvalue weighted by molar-refractivity contribution is -0.126. The molecule has 0 spiro atoms. The third kappa shape index (κ3) is 4.85. The Balaban J connectivity index is 2.76. The number of aliphatic hydroxyl groups excluding tert-OH is 2. The fourth-order valence-corrected chi connectivity index (χ4v) is 1.85. The predicted octanol–water partition coefficient (Wildman–Crippen LogP) is 1.13. The lowest BCUT2D eigenvalue weighted by Gasteiger charge is -2.18. The van der Waals surface area contributed by atoms with E-state index in [0.29, 0.717) is 0 Å². The van der Waals surface area contributed by atoms with Gasteiger partial charge in [0.25, 0.3) is 0 Å².